The third-order valence-corrected chi connectivity index (χ3v) is 3.51. The molecule has 0 radical (unpaired) electrons. The van der Waals surface area contributed by atoms with Gasteiger partial charge in [0.1, 0.15) is 0 Å². The molecular weight excluding hydrogens is 238 g/mol. The van der Waals surface area contributed by atoms with E-state index in [-0.39, 0.29) is 11.9 Å². The molecule has 2 rings (SSSR count). The van der Waals surface area contributed by atoms with Crippen LogP contribution >= 0.6 is 0 Å². The van der Waals surface area contributed by atoms with Gasteiger partial charge in [-0.2, -0.15) is 0 Å². The fourth-order valence-electron chi connectivity index (χ4n) is 2.39. The summed E-state index contributed by atoms with van der Waals surface area (Å²) in [5.41, 5.74) is 7.94. The average Bonchev–Trinajstić information content (AvgIpc) is 2.74. The van der Waals surface area contributed by atoms with E-state index in [1.807, 2.05) is 18.2 Å². The number of hydrogen-bond acceptors (Lipinski definition) is 3. The predicted octanol–water partition coefficient (Wildman–Crippen LogP) is 1.78. The second kappa shape index (κ2) is 6.17. The minimum atomic E-state index is 0.0370. The van der Waals surface area contributed by atoms with Crippen molar-refractivity contribution in [2.24, 2.45) is 5.73 Å². The van der Waals surface area contributed by atoms with E-state index < -0.39 is 0 Å². The molecule has 1 amide bonds. The van der Waals surface area contributed by atoms with Crippen molar-refractivity contribution in [1.29, 1.82) is 0 Å². The van der Waals surface area contributed by atoms with Crippen LogP contribution in [0.4, 0.5) is 5.69 Å². The molecule has 3 N–H and O–H groups in total. The molecule has 1 heterocycles. The molecule has 4 heteroatoms. The van der Waals surface area contributed by atoms with E-state index >= 15 is 0 Å². The Morgan fingerprint density at radius 3 is 2.95 bits per heavy atom. The fraction of sp³-hybridized carbons (Fsp3) is 0.533. The van der Waals surface area contributed by atoms with E-state index in [1.165, 1.54) is 5.56 Å². The summed E-state index contributed by atoms with van der Waals surface area (Å²) in [6, 6.07) is 8.26. The highest BCUT2D eigenvalue weighted by molar-refractivity contribution is 5.92. The third kappa shape index (κ3) is 4.04. The summed E-state index contributed by atoms with van der Waals surface area (Å²) in [4.78, 5) is 14.1. The number of likely N-dealkylation sites (tertiary alicyclic amines) is 1. The second-order valence-corrected chi connectivity index (χ2v) is 5.61. The van der Waals surface area contributed by atoms with Crippen molar-refractivity contribution in [3.05, 3.63) is 29.8 Å². The Hall–Kier alpha value is -1.39. The normalized spacial score (nSPS) is 19.9. The number of nitrogens with two attached hydrogens (primary N) is 1. The summed E-state index contributed by atoms with van der Waals surface area (Å²) in [6.07, 6.45) is 0.982. The lowest BCUT2D eigenvalue weighted by Crippen LogP contribution is -2.33. The van der Waals surface area contributed by atoms with Gasteiger partial charge in [-0.15, -0.1) is 0 Å². The number of hydrogen-bond donors (Lipinski definition) is 2. The van der Waals surface area contributed by atoms with E-state index in [9.17, 15) is 4.79 Å². The molecule has 0 saturated carbocycles. The van der Waals surface area contributed by atoms with E-state index in [0.29, 0.717) is 12.5 Å². The first-order valence-electron chi connectivity index (χ1n) is 6.92. The van der Waals surface area contributed by atoms with Gasteiger partial charge in [-0.25, -0.2) is 0 Å². The molecular formula is C15H23N3O. The molecule has 1 saturated heterocycles. The van der Waals surface area contributed by atoms with Crippen LogP contribution in [0.25, 0.3) is 0 Å². The number of carbonyl (C=O) groups is 1. The molecule has 0 spiro atoms. The van der Waals surface area contributed by atoms with Crippen LogP contribution in [0.2, 0.25) is 0 Å². The monoisotopic (exact) mass is 261 g/mol. The number of nitrogens with zero attached hydrogens (tertiary/aromatic N) is 1. The predicted molar refractivity (Wildman–Crippen MR) is 78.2 cm³/mol. The van der Waals surface area contributed by atoms with Gasteiger partial charge in [0, 0.05) is 24.8 Å². The highest BCUT2D eigenvalue weighted by Gasteiger charge is 2.20. The summed E-state index contributed by atoms with van der Waals surface area (Å²) in [7, 11) is 0. The number of rotatable bonds is 4. The van der Waals surface area contributed by atoms with Crippen molar-refractivity contribution >= 4 is 11.6 Å². The van der Waals surface area contributed by atoms with Crippen LogP contribution in [-0.2, 0) is 4.79 Å². The van der Waals surface area contributed by atoms with Gasteiger partial charge < -0.3 is 11.1 Å². The third-order valence-electron chi connectivity index (χ3n) is 3.51. The van der Waals surface area contributed by atoms with Crippen LogP contribution in [-0.4, -0.2) is 36.5 Å². The minimum Gasteiger partial charge on any atom is -0.326 e. The quantitative estimate of drug-likeness (QED) is 0.868. The van der Waals surface area contributed by atoms with Crippen molar-refractivity contribution in [3.63, 3.8) is 0 Å². The molecule has 19 heavy (non-hydrogen) atoms. The van der Waals surface area contributed by atoms with Gasteiger partial charge in [0.25, 0.3) is 0 Å². The largest absolute Gasteiger partial charge is 0.326 e. The minimum absolute atomic E-state index is 0.0370. The molecule has 0 aromatic heterocycles. The van der Waals surface area contributed by atoms with Crippen LogP contribution in [0.15, 0.2) is 24.3 Å². The van der Waals surface area contributed by atoms with Gasteiger partial charge in [0.05, 0.1) is 6.54 Å². The van der Waals surface area contributed by atoms with Crippen molar-refractivity contribution in [2.75, 3.05) is 25.0 Å². The fourth-order valence-corrected chi connectivity index (χ4v) is 2.39. The number of nitrogens with one attached hydrogen (secondary N) is 1. The zero-order valence-corrected chi connectivity index (χ0v) is 11.7. The molecule has 0 bridgehead atoms. The number of anilines is 1. The Labute approximate surface area is 115 Å². The molecule has 1 fully saturated rings. The first-order valence-corrected chi connectivity index (χ1v) is 6.92. The van der Waals surface area contributed by atoms with Gasteiger partial charge in [0.15, 0.2) is 0 Å². The lowest BCUT2D eigenvalue weighted by Gasteiger charge is -2.15. The van der Waals surface area contributed by atoms with E-state index in [1.54, 1.807) is 0 Å². The van der Waals surface area contributed by atoms with Crippen LogP contribution in [0.3, 0.4) is 0 Å². The summed E-state index contributed by atoms with van der Waals surface area (Å²) in [5.74, 6) is 0.503. The van der Waals surface area contributed by atoms with E-state index in [0.717, 1.165) is 25.2 Å². The lowest BCUT2D eigenvalue weighted by atomic mass is 10.0. The Balaban J connectivity index is 1.90. The number of benzene rings is 1. The molecule has 1 aliphatic heterocycles. The Morgan fingerprint density at radius 1 is 1.53 bits per heavy atom. The summed E-state index contributed by atoms with van der Waals surface area (Å²) < 4.78 is 0. The highest BCUT2D eigenvalue weighted by atomic mass is 16.2. The first kappa shape index (κ1) is 14.0. The number of carbonyl (C=O) groups excluding carboxylic acids is 1. The second-order valence-electron chi connectivity index (χ2n) is 5.61. The molecule has 0 unspecified atom stereocenters. The molecule has 1 aliphatic rings. The SMILES string of the molecule is CC(C)c1cccc(NC(=O)CN2CC[C@H](N)C2)c1. The van der Waals surface area contributed by atoms with E-state index in [4.69, 9.17) is 5.73 Å². The molecule has 0 aliphatic carbocycles. The van der Waals surface area contributed by atoms with Crippen LogP contribution < -0.4 is 11.1 Å². The van der Waals surface area contributed by atoms with Gasteiger partial charge in [-0.1, -0.05) is 26.0 Å². The van der Waals surface area contributed by atoms with E-state index in [2.05, 4.69) is 30.1 Å². The van der Waals surface area contributed by atoms with Crippen LogP contribution in [0.5, 0.6) is 0 Å². The topological polar surface area (TPSA) is 58.4 Å². The van der Waals surface area contributed by atoms with Gasteiger partial charge in [-0.05, 0) is 30.0 Å². The zero-order valence-electron chi connectivity index (χ0n) is 11.7. The van der Waals surface area contributed by atoms with Crippen molar-refractivity contribution in [3.8, 4) is 0 Å². The summed E-state index contributed by atoms with van der Waals surface area (Å²) in [5, 5.41) is 2.96. The Kier molecular flexibility index (Phi) is 4.56. The van der Waals surface area contributed by atoms with Crippen molar-refractivity contribution in [1.82, 2.24) is 4.90 Å². The van der Waals surface area contributed by atoms with Crippen molar-refractivity contribution in [2.45, 2.75) is 32.2 Å². The Bertz CT molecular complexity index is 445. The molecule has 1 atom stereocenters. The summed E-state index contributed by atoms with van der Waals surface area (Å²) in [6.45, 7) is 6.46. The van der Waals surface area contributed by atoms with Gasteiger partial charge in [-0.3, -0.25) is 9.69 Å². The lowest BCUT2D eigenvalue weighted by molar-refractivity contribution is -0.117. The zero-order chi connectivity index (χ0) is 13.8. The van der Waals surface area contributed by atoms with Crippen LogP contribution in [0.1, 0.15) is 31.7 Å². The molecule has 1 aromatic rings. The van der Waals surface area contributed by atoms with Gasteiger partial charge >= 0.3 is 0 Å². The maximum Gasteiger partial charge on any atom is 0.238 e. The smallest absolute Gasteiger partial charge is 0.238 e. The molecule has 104 valence electrons. The van der Waals surface area contributed by atoms with Crippen LogP contribution in [0, 0.1) is 0 Å². The average molecular weight is 261 g/mol. The van der Waals surface area contributed by atoms with Gasteiger partial charge in [0.2, 0.25) is 5.91 Å². The maximum atomic E-state index is 12.0. The standard InChI is InChI=1S/C15H23N3O/c1-11(2)12-4-3-5-14(8-12)17-15(19)10-18-7-6-13(16)9-18/h3-5,8,11,13H,6-7,9-10,16H2,1-2H3,(H,17,19)/t13-/m0/s1. The molecule has 1 aromatic carbocycles. The first-order chi connectivity index (χ1) is 9.04. The highest BCUT2D eigenvalue weighted by Crippen LogP contribution is 2.18. The molecule has 4 nitrogen and oxygen atoms in total. The number of amides is 1. The Morgan fingerprint density at radius 2 is 2.32 bits per heavy atom. The summed E-state index contributed by atoms with van der Waals surface area (Å²) >= 11 is 0. The maximum absolute atomic E-state index is 12.0. The van der Waals surface area contributed by atoms with Crippen molar-refractivity contribution < 1.29 is 4.79 Å².